The molecule has 0 unspecified atom stereocenters. The van der Waals surface area contributed by atoms with E-state index in [1.54, 1.807) is 51.1 Å². The van der Waals surface area contributed by atoms with Gasteiger partial charge in [0, 0.05) is 18.8 Å². The van der Waals surface area contributed by atoms with Gasteiger partial charge in [-0.3, -0.25) is 14.5 Å². The highest BCUT2D eigenvalue weighted by Crippen LogP contribution is 2.29. The number of halogens is 1. The summed E-state index contributed by atoms with van der Waals surface area (Å²) in [6.45, 7) is 6.01. The third-order valence-corrected chi connectivity index (χ3v) is 6.43. The van der Waals surface area contributed by atoms with E-state index in [1.807, 2.05) is 4.90 Å². The summed E-state index contributed by atoms with van der Waals surface area (Å²) in [5.41, 5.74) is 2.76. The van der Waals surface area contributed by atoms with E-state index in [-0.39, 0.29) is 30.1 Å². The van der Waals surface area contributed by atoms with Gasteiger partial charge in [-0.15, -0.1) is 0 Å². The van der Waals surface area contributed by atoms with Gasteiger partial charge in [0.05, 0.1) is 46.6 Å². The lowest BCUT2D eigenvalue weighted by atomic mass is 10.0. The molecule has 1 amide bonds. The SMILES string of the molecule is Cc1c(C(=O)N(CC(=O)OC(C)C)c2ccc(N3CCC(O)CC3)c(C#N)c2)cnn1-c1ccc(F)cc1. The molecular formula is C28H30FN5O4. The molecule has 10 heteroatoms. The summed E-state index contributed by atoms with van der Waals surface area (Å²) in [4.78, 5) is 29.7. The highest BCUT2D eigenvalue weighted by Gasteiger charge is 2.27. The molecule has 4 rings (SSSR count). The maximum absolute atomic E-state index is 13.8. The number of benzene rings is 2. The quantitative estimate of drug-likeness (QED) is 0.473. The fourth-order valence-electron chi connectivity index (χ4n) is 4.48. The molecule has 1 saturated heterocycles. The van der Waals surface area contributed by atoms with Crippen molar-refractivity contribution in [2.75, 3.05) is 29.4 Å². The Kier molecular flexibility index (Phi) is 8.08. The van der Waals surface area contributed by atoms with E-state index < -0.39 is 11.9 Å². The van der Waals surface area contributed by atoms with E-state index in [0.717, 1.165) is 0 Å². The van der Waals surface area contributed by atoms with Crippen LogP contribution in [0.15, 0.2) is 48.7 Å². The number of aliphatic hydroxyl groups is 1. The van der Waals surface area contributed by atoms with E-state index in [9.17, 15) is 24.3 Å². The van der Waals surface area contributed by atoms with Gasteiger partial charge in [-0.25, -0.2) is 9.07 Å². The third-order valence-electron chi connectivity index (χ3n) is 6.43. The Morgan fingerprint density at radius 3 is 2.53 bits per heavy atom. The largest absolute Gasteiger partial charge is 0.462 e. The monoisotopic (exact) mass is 519 g/mol. The summed E-state index contributed by atoms with van der Waals surface area (Å²) in [5.74, 6) is -1.47. The van der Waals surface area contributed by atoms with Crippen LogP contribution < -0.4 is 9.80 Å². The number of rotatable bonds is 7. The molecule has 1 aromatic heterocycles. The molecule has 198 valence electrons. The molecule has 2 heterocycles. The van der Waals surface area contributed by atoms with Crippen LogP contribution in [0.4, 0.5) is 15.8 Å². The number of aliphatic hydroxyl groups excluding tert-OH is 1. The first-order valence-corrected chi connectivity index (χ1v) is 12.5. The predicted molar refractivity (Wildman–Crippen MR) is 140 cm³/mol. The average molecular weight is 520 g/mol. The van der Waals surface area contributed by atoms with E-state index in [1.165, 1.54) is 27.9 Å². The number of amides is 1. The molecule has 0 spiro atoms. The third kappa shape index (κ3) is 5.84. The minimum Gasteiger partial charge on any atom is -0.462 e. The number of ether oxygens (including phenoxy) is 1. The molecule has 2 aromatic carbocycles. The Labute approximate surface area is 220 Å². The predicted octanol–water partition coefficient (Wildman–Crippen LogP) is 3.75. The molecule has 3 aromatic rings. The van der Waals surface area contributed by atoms with E-state index in [2.05, 4.69) is 11.2 Å². The Bertz CT molecular complexity index is 1350. The lowest BCUT2D eigenvalue weighted by Gasteiger charge is -2.32. The zero-order valence-corrected chi connectivity index (χ0v) is 21.6. The second kappa shape index (κ2) is 11.4. The van der Waals surface area contributed by atoms with Crippen molar-refractivity contribution in [1.82, 2.24) is 9.78 Å². The van der Waals surface area contributed by atoms with Gasteiger partial charge < -0.3 is 14.7 Å². The van der Waals surface area contributed by atoms with Crippen molar-refractivity contribution in [3.8, 4) is 11.8 Å². The normalized spacial score (nSPS) is 13.9. The molecule has 38 heavy (non-hydrogen) atoms. The van der Waals surface area contributed by atoms with Crippen molar-refractivity contribution in [2.45, 2.75) is 45.8 Å². The minimum absolute atomic E-state index is 0.249. The molecule has 1 N–H and O–H groups in total. The molecular weight excluding hydrogens is 489 g/mol. The second-order valence-corrected chi connectivity index (χ2v) is 9.49. The number of carbonyl (C=O) groups is 2. The number of nitriles is 1. The van der Waals surface area contributed by atoms with Gasteiger partial charge in [0.2, 0.25) is 0 Å². The summed E-state index contributed by atoms with van der Waals surface area (Å²) in [7, 11) is 0. The van der Waals surface area contributed by atoms with Gasteiger partial charge in [0.15, 0.2) is 0 Å². The first kappa shape index (κ1) is 26.8. The fourth-order valence-corrected chi connectivity index (χ4v) is 4.48. The molecule has 0 saturated carbocycles. The molecule has 1 aliphatic rings. The number of esters is 1. The summed E-state index contributed by atoms with van der Waals surface area (Å²) in [6.07, 6.45) is 1.90. The number of carbonyl (C=O) groups excluding carboxylic acids is 2. The van der Waals surface area contributed by atoms with Crippen molar-refractivity contribution >= 4 is 23.3 Å². The van der Waals surface area contributed by atoms with E-state index in [4.69, 9.17) is 4.74 Å². The van der Waals surface area contributed by atoms with Gasteiger partial charge in [-0.2, -0.15) is 10.4 Å². The van der Waals surface area contributed by atoms with Crippen LogP contribution in [0.2, 0.25) is 0 Å². The molecule has 0 atom stereocenters. The molecule has 1 aliphatic heterocycles. The van der Waals surface area contributed by atoms with Crippen LogP contribution in [0.5, 0.6) is 0 Å². The topological polar surface area (TPSA) is 112 Å². The minimum atomic E-state index is -0.593. The molecule has 0 radical (unpaired) electrons. The van der Waals surface area contributed by atoms with Crippen molar-refractivity contribution in [1.29, 1.82) is 5.26 Å². The molecule has 9 nitrogen and oxygen atoms in total. The number of piperidine rings is 1. The molecule has 0 aliphatic carbocycles. The second-order valence-electron chi connectivity index (χ2n) is 9.49. The average Bonchev–Trinajstić information content (AvgIpc) is 3.28. The number of hydrogen-bond acceptors (Lipinski definition) is 7. The first-order chi connectivity index (χ1) is 18.2. The molecule has 0 bridgehead atoms. The van der Waals surface area contributed by atoms with E-state index in [0.29, 0.717) is 54.3 Å². The first-order valence-electron chi connectivity index (χ1n) is 12.5. The van der Waals surface area contributed by atoms with Gasteiger partial charge >= 0.3 is 5.97 Å². The summed E-state index contributed by atoms with van der Waals surface area (Å²) in [6, 6.07) is 13.0. The Morgan fingerprint density at radius 1 is 1.21 bits per heavy atom. The van der Waals surface area contributed by atoms with E-state index >= 15 is 0 Å². The van der Waals surface area contributed by atoms with Crippen LogP contribution in [0, 0.1) is 24.1 Å². The Balaban J connectivity index is 1.69. The van der Waals surface area contributed by atoms with Gasteiger partial charge in [0.25, 0.3) is 5.91 Å². The van der Waals surface area contributed by atoms with Gasteiger partial charge in [-0.05, 0) is 76.1 Å². The highest BCUT2D eigenvalue weighted by molar-refractivity contribution is 6.09. The standard InChI is InChI=1S/C28H30FN5O4/c1-18(2)38-27(36)17-33(23-8-9-26(20(14-23)15-30)32-12-10-24(35)11-13-32)28(37)25-16-31-34(19(25)3)22-6-4-21(29)5-7-22/h4-9,14,16,18,24,35H,10-13,17H2,1-3H3. The van der Waals surface area contributed by atoms with Crippen LogP contribution in [0.3, 0.4) is 0 Å². The Hall–Kier alpha value is -4.23. The Morgan fingerprint density at radius 2 is 1.89 bits per heavy atom. The van der Waals surface area contributed by atoms with Crippen LogP contribution in [-0.4, -0.2) is 58.6 Å². The number of hydrogen-bond donors (Lipinski definition) is 1. The number of nitrogens with zero attached hydrogens (tertiary/aromatic N) is 5. The van der Waals surface area contributed by atoms with Crippen LogP contribution in [-0.2, 0) is 9.53 Å². The maximum Gasteiger partial charge on any atom is 0.326 e. The smallest absolute Gasteiger partial charge is 0.326 e. The van der Waals surface area contributed by atoms with Crippen molar-refractivity contribution in [3.63, 3.8) is 0 Å². The summed E-state index contributed by atoms with van der Waals surface area (Å²) in [5, 5.41) is 24.0. The summed E-state index contributed by atoms with van der Waals surface area (Å²) >= 11 is 0. The zero-order valence-electron chi connectivity index (χ0n) is 21.6. The van der Waals surface area contributed by atoms with Gasteiger partial charge in [0.1, 0.15) is 18.4 Å². The zero-order chi connectivity index (χ0) is 27.4. The van der Waals surface area contributed by atoms with Crippen LogP contribution >= 0.6 is 0 Å². The number of aromatic nitrogens is 2. The fraction of sp³-hybridized carbons (Fsp3) is 0.357. The van der Waals surface area contributed by atoms with Crippen LogP contribution in [0.25, 0.3) is 5.69 Å². The van der Waals surface area contributed by atoms with Gasteiger partial charge in [-0.1, -0.05) is 0 Å². The maximum atomic E-state index is 13.8. The van der Waals surface area contributed by atoms with Crippen molar-refractivity contribution in [3.05, 3.63) is 71.3 Å². The molecule has 1 fully saturated rings. The van der Waals surface area contributed by atoms with Crippen molar-refractivity contribution in [2.24, 2.45) is 0 Å². The van der Waals surface area contributed by atoms with Crippen LogP contribution in [0.1, 0.15) is 48.3 Å². The number of anilines is 2. The summed E-state index contributed by atoms with van der Waals surface area (Å²) < 4.78 is 20.2. The highest BCUT2D eigenvalue weighted by atomic mass is 19.1. The van der Waals surface area contributed by atoms with Crippen molar-refractivity contribution < 1.29 is 23.8 Å². The lowest BCUT2D eigenvalue weighted by molar-refractivity contribution is -0.145. The lowest BCUT2D eigenvalue weighted by Crippen LogP contribution is -2.38.